The van der Waals surface area contributed by atoms with Gasteiger partial charge in [-0.1, -0.05) is 12.1 Å². The van der Waals surface area contributed by atoms with Gasteiger partial charge < -0.3 is 14.6 Å². The van der Waals surface area contributed by atoms with Crippen LogP contribution < -0.4 is 5.32 Å². The van der Waals surface area contributed by atoms with Crippen LogP contribution in [0.2, 0.25) is 0 Å². The summed E-state index contributed by atoms with van der Waals surface area (Å²) in [6.45, 7) is -0.945. The van der Waals surface area contributed by atoms with Gasteiger partial charge in [-0.25, -0.2) is 9.37 Å². The zero-order chi connectivity index (χ0) is 20.1. The van der Waals surface area contributed by atoms with Crippen molar-refractivity contribution < 1.29 is 27.5 Å². The molecule has 0 fully saturated rings. The van der Waals surface area contributed by atoms with Crippen LogP contribution in [0.15, 0.2) is 53.7 Å². The molecule has 0 bridgehead atoms. The predicted octanol–water partition coefficient (Wildman–Crippen LogP) is 3.67. The Hall–Kier alpha value is -3.01. The molecule has 1 heterocycles. The van der Waals surface area contributed by atoms with E-state index in [0.29, 0.717) is 16.7 Å². The summed E-state index contributed by atoms with van der Waals surface area (Å²) in [5, 5.41) is 2.42. The molecule has 0 unspecified atom stereocenters. The van der Waals surface area contributed by atoms with Crippen LogP contribution in [-0.2, 0) is 20.9 Å². The Morgan fingerprint density at radius 1 is 1.14 bits per heavy atom. The number of aromatic nitrogens is 2. The number of hydrogen-bond donors (Lipinski definition) is 1. The number of anilines is 1. The number of ether oxygens (including phenoxy) is 1. The van der Waals surface area contributed by atoms with Crippen LogP contribution >= 0.6 is 11.8 Å². The lowest BCUT2D eigenvalue weighted by Gasteiger charge is -2.09. The molecular weight excluding hydrogens is 395 g/mol. The Bertz CT molecular complexity index is 993. The smallest absolute Gasteiger partial charge is 0.326 e. The van der Waals surface area contributed by atoms with Crippen molar-refractivity contribution in [2.75, 3.05) is 11.9 Å². The summed E-state index contributed by atoms with van der Waals surface area (Å²) in [4.78, 5) is 28.0. The van der Waals surface area contributed by atoms with Crippen LogP contribution in [0.3, 0.4) is 0 Å². The molecular formula is C18H14F3N3O3S. The van der Waals surface area contributed by atoms with Crippen LogP contribution in [-0.4, -0.2) is 33.8 Å². The zero-order valence-electron chi connectivity index (χ0n) is 14.3. The van der Waals surface area contributed by atoms with Crippen LogP contribution in [0.25, 0.3) is 11.0 Å². The Balaban J connectivity index is 1.62. The van der Waals surface area contributed by atoms with Gasteiger partial charge in [0, 0.05) is 5.69 Å². The van der Waals surface area contributed by atoms with Crippen LogP contribution in [0.5, 0.6) is 0 Å². The number of esters is 1. The SMILES string of the molecule is O=C(COC(=O)Cn1c(SC(F)F)nc2ccccc21)Nc1ccc(F)cc1. The van der Waals surface area contributed by atoms with E-state index in [-0.39, 0.29) is 23.5 Å². The van der Waals surface area contributed by atoms with Gasteiger partial charge in [0.1, 0.15) is 12.4 Å². The first-order chi connectivity index (χ1) is 13.4. The van der Waals surface area contributed by atoms with Gasteiger partial charge >= 0.3 is 5.97 Å². The molecule has 146 valence electrons. The number of imidazole rings is 1. The fraction of sp³-hybridized carbons (Fsp3) is 0.167. The highest BCUT2D eigenvalue weighted by atomic mass is 32.2. The third-order valence-corrected chi connectivity index (χ3v) is 4.29. The largest absolute Gasteiger partial charge is 0.454 e. The van der Waals surface area contributed by atoms with Gasteiger partial charge in [0.25, 0.3) is 11.7 Å². The van der Waals surface area contributed by atoms with E-state index in [1.165, 1.54) is 28.8 Å². The Morgan fingerprint density at radius 2 is 1.86 bits per heavy atom. The first-order valence-electron chi connectivity index (χ1n) is 8.03. The van der Waals surface area contributed by atoms with Crippen molar-refractivity contribution in [3.63, 3.8) is 0 Å². The van der Waals surface area contributed by atoms with Crippen molar-refractivity contribution in [1.82, 2.24) is 9.55 Å². The number of carbonyl (C=O) groups is 2. The second-order valence-electron chi connectivity index (χ2n) is 5.56. The molecule has 1 amide bonds. The maximum atomic E-state index is 12.8. The second kappa shape index (κ2) is 8.79. The first-order valence-corrected chi connectivity index (χ1v) is 8.91. The number of amides is 1. The quantitative estimate of drug-likeness (QED) is 0.476. The van der Waals surface area contributed by atoms with Gasteiger partial charge in [-0.3, -0.25) is 9.59 Å². The van der Waals surface area contributed by atoms with E-state index in [9.17, 15) is 22.8 Å². The number of nitrogens with one attached hydrogen (secondary N) is 1. The molecule has 6 nitrogen and oxygen atoms in total. The highest BCUT2D eigenvalue weighted by Gasteiger charge is 2.18. The Morgan fingerprint density at radius 3 is 2.57 bits per heavy atom. The summed E-state index contributed by atoms with van der Waals surface area (Å²) in [6, 6.07) is 11.8. The fourth-order valence-electron chi connectivity index (χ4n) is 2.43. The summed E-state index contributed by atoms with van der Waals surface area (Å²) < 4.78 is 44.6. The van der Waals surface area contributed by atoms with E-state index < -0.39 is 30.1 Å². The molecule has 0 saturated heterocycles. The lowest BCUT2D eigenvalue weighted by Crippen LogP contribution is -2.23. The minimum atomic E-state index is -2.70. The molecule has 1 N–H and O–H groups in total. The summed E-state index contributed by atoms with van der Waals surface area (Å²) >= 11 is 0.221. The van der Waals surface area contributed by atoms with Crippen molar-refractivity contribution in [1.29, 1.82) is 0 Å². The molecule has 10 heteroatoms. The van der Waals surface area contributed by atoms with Crippen molar-refractivity contribution in [2.45, 2.75) is 17.5 Å². The highest BCUT2D eigenvalue weighted by molar-refractivity contribution is 7.99. The molecule has 3 rings (SSSR count). The molecule has 0 aliphatic heterocycles. The van der Waals surface area contributed by atoms with E-state index in [1.54, 1.807) is 24.3 Å². The van der Waals surface area contributed by atoms with Gasteiger partial charge in [0.2, 0.25) is 0 Å². The molecule has 0 atom stereocenters. The number of alkyl halides is 2. The normalized spacial score (nSPS) is 11.0. The standard InChI is InChI=1S/C18H14F3N3O3S/c19-11-5-7-12(8-6-11)22-15(25)10-27-16(26)9-24-14-4-2-1-3-13(14)23-18(24)28-17(20)21/h1-8,17H,9-10H2,(H,22,25). The number of para-hydroxylation sites is 2. The summed E-state index contributed by atoms with van der Waals surface area (Å²) in [5.74, 6) is -4.55. The zero-order valence-corrected chi connectivity index (χ0v) is 15.1. The van der Waals surface area contributed by atoms with E-state index in [2.05, 4.69) is 10.3 Å². The molecule has 0 aliphatic rings. The second-order valence-corrected chi connectivity index (χ2v) is 6.52. The molecule has 1 aromatic heterocycles. The van der Waals surface area contributed by atoms with Crippen molar-refractivity contribution in [3.05, 3.63) is 54.3 Å². The number of thioether (sulfide) groups is 1. The fourth-order valence-corrected chi connectivity index (χ4v) is 3.03. The van der Waals surface area contributed by atoms with E-state index in [1.807, 2.05) is 0 Å². The number of hydrogen-bond acceptors (Lipinski definition) is 5. The van der Waals surface area contributed by atoms with E-state index in [4.69, 9.17) is 4.74 Å². The number of rotatable bonds is 7. The van der Waals surface area contributed by atoms with E-state index in [0.717, 1.165) is 0 Å². The van der Waals surface area contributed by atoms with Crippen molar-refractivity contribution >= 4 is 40.4 Å². The lowest BCUT2D eigenvalue weighted by molar-refractivity contribution is -0.147. The van der Waals surface area contributed by atoms with Crippen molar-refractivity contribution in [3.8, 4) is 0 Å². The number of benzene rings is 2. The minimum absolute atomic E-state index is 0.0242. The van der Waals surface area contributed by atoms with Crippen molar-refractivity contribution in [2.24, 2.45) is 0 Å². The summed E-state index contributed by atoms with van der Waals surface area (Å²) in [6.07, 6.45) is 0. The molecule has 2 aromatic carbocycles. The first kappa shape index (κ1) is 19.7. The Kier molecular flexibility index (Phi) is 6.19. The van der Waals surface area contributed by atoms with Gasteiger partial charge in [0.15, 0.2) is 11.8 Å². The number of carbonyl (C=O) groups excluding carboxylic acids is 2. The van der Waals surface area contributed by atoms with Gasteiger partial charge in [-0.05, 0) is 48.2 Å². The maximum absolute atomic E-state index is 12.8. The topological polar surface area (TPSA) is 73.2 Å². The minimum Gasteiger partial charge on any atom is -0.454 e. The summed E-state index contributed by atoms with van der Waals surface area (Å²) in [5.41, 5.74) is 1.31. The lowest BCUT2D eigenvalue weighted by atomic mass is 10.3. The third kappa shape index (κ3) is 5.03. The molecule has 0 radical (unpaired) electrons. The third-order valence-electron chi connectivity index (χ3n) is 3.59. The predicted molar refractivity (Wildman–Crippen MR) is 97.6 cm³/mol. The molecule has 28 heavy (non-hydrogen) atoms. The molecule has 3 aromatic rings. The van der Waals surface area contributed by atoms with Crippen LogP contribution in [0.4, 0.5) is 18.9 Å². The van der Waals surface area contributed by atoms with Gasteiger partial charge in [0.05, 0.1) is 11.0 Å². The molecule has 0 spiro atoms. The number of nitrogens with zero attached hydrogens (tertiary/aromatic N) is 2. The van der Waals surface area contributed by atoms with Crippen LogP contribution in [0, 0.1) is 5.82 Å². The van der Waals surface area contributed by atoms with Gasteiger partial charge in [-0.2, -0.15) is 8.78 Å². The number of halogens is 3. The van der Waals surface area contributed by atoms with Crippen LogP contribution in [0.1, 0.15) is 0 Å². The van der Waals surface area contributed by atoms with E-state index >= 15 is 0 Å². The maximum Gasteiger partial charge on any atom is 0.326 e. The Labute approximate surface area is 161 Å². The average molecular weight is 409 g/mol. The monoisotopic (exact) mass is 409 g/mol. The molecule has 0 saturated carbocycles. The summed E-state index contributed by atoms with van der Waals surface area (Å²) in [7, 11) is 0. The average Bonchev–Trinajstić information content (AvgIpc) is 2.98. The highest BCUT2D eigenvalue weighted by Crippen LogP contribution is 2.28. The molecule has 0 aliphatic carbocycles. The number of fused-ring (bicyclic) bond motifs is 1. The van der Waals surface area contributed by atoms with Gasteiger partial charge in [-0.15, -0.1) is 0 Å².